The van der Waals surface area contributed by atoms with E-state index in [0.29, 0.717) is 0 Å². The van der Waals surface area contributed by atoms with Gasteiger partial charge in [0.15, 0.2) is 0 Å². The largest absolute Gasteiger partial charge is 0.135 e. The number of benzene rings is 9. The monoisotopic (exact) mass is 678 g/mol. The topological polar surface area (TPSA) is 0 Å². The highest BCUT2D eigenvalue weighted by atomic mass is 32.1. The molecule has 9 aromatic carbocycles. The maximum Gasteiger partial charge on any atom is 0.0361 e. The fourth-order valence-electron chi connectivity index (χ4n) is 9.08. The van der Waals surface area contributed by atoms with Crippen molar-refractivity contribution in [3.8, 4) is 44.5 Å². The first kappa shape index (κ1) is 29.7. The zero-order chi connectivity index (χ0) is 34.6. The van der Waals surface area contributed by atoms with Gasteiger partial charge in [-0.25, -0.2) is 0 Å². The molecule has 0 spiro atoms. The lowest BCUT2D eigenvalue weighted by Gasteiger charge is -2.21. The molecule has 1 heteroatoms. The third-order valence-corrected chi connectivity index (χ3v) is 12.7. The van der Waals surface area contributed by atoms with Crippen LogP contribution < -0.4 is 0 Å². The smallest absolute Gasteiger partial charge is 0.0361 e. The van der Waals surface area contributed by atoms with Crippen LogP contribution in [0.2, 0.25) is 0 Å². The molecule has 0 fully saturated rings. The van der Waals surface area contributed by atoms with Crippen molar-refractivity contribution in [2.45, 2.75) is 19.3 Å². The molecule has 244 valence electrons. The lowest BCUT2D eigenvalue weighted by Crippen LogP contribution is -2.14. The predicted molar refractivity (Wildman–Crippen MR) is 226 cm³/mol. The van der Waals surface area contributed by atoms with Gasteiger partial charge >= 0.3 is 0 Å². The van der Waals surface area contributed by atoms with Gasteiger partial charge in [0.2, 0.25) is 0 Å². The van der Waals surface area contributed by atoms with E-state index in [1.54, 1.807) is 0 Å². The molecule has 11 rings (SSSR count). The highest BCUT2D eigenvalue weighted by molar-refractivity contribution is 7.25. The number of hydrogen-bond donors (Lipinski definition) is 0. The molecule has 1 aromatic heterocycles. The van der Waals surface area contributed by atoms with E-state index < -0.39 is 0 Å². The fourth-order valence-corrected chi connectivity index (χ4v) is 10.2. The molecular weight excluding hydrogens is 645 g/mol. The van der Waals surface area contributed by atoms with Crippen molar-refractivity contribution in [3.63, 3.8) is 0 Å². The molecule has 52 heavy (non-hydrogen) atoms. The summed E-state index contributed by atoms with van der Waals surface area (Å²) in [6.07, 6.45) is 0. The van der Waals surface area contributed by atoms with E-state index >= 15 is 0 Å². The van der Waals surface area contributed by atoms with Gasteiger partial charge in [-0.1, -0.05) is 153 Å². The maximum absolute atomic E-state index is 2.47. The molecule has 0 amide bonds. The van der Waals surface area contributed by atoms with Gasteiger partial charge in [0.25, 0.3) is 0 Å². The van der Waals surface area contributed by atoms with Gasteiger partial charge in [0.1, 0.15) is 0 Å². The minimum absolute atomic E-state index is 0.0112. The van der Waals surface area contributed by atoms with Gasteiger partial charge in [-0.15, -0.1) is 11.3 Å². The Hall–Kier alpha value is -6.02. The van der Waals surface area contributed by atoms with Crippen molar-refractivity contribution in [1.82, 2.24) is 0 Å². The first-order valence-electron chi connectivity index (χ1n) is 18.2. The van der Waals surface area contributed by atoms with Crippen LogP contribution in [-0.4, -0.2) is 0 Å². The van der Waals surface area contributed by atoms with Crippen molar-refractivity contribution in [1.29, 1.82) is 0 Å². The Labute approximate surface area is 307 Å². The summed E-state index contributed by atoms with van der Waals surface area (Å²) in [5, 5.41) is 10.4. The molecule has 0 saturated carbocycles. The second-order valence-corrected chi connectivity index (χ2v) is 15.9. The molecule has 0 unspecified atom stereocenters. The van der Waals surface area contributed by atoms with Crippen LogP contribution in [0.3, 0.4) is 0 Å². The quantitative estimate of drug-likeness (QED) is 0.163. The summed E-state index contributed by atoms with van der Waals surface area (Å²) in [7, 11) is 0. The van der Waals surface area contributed by atoms with Crippen LogP contribution in [0.1, 0.15) is 25.0 Å². The number of rotatable bonds is 3. The van der Waals surface area contributed by atoms with Crippen LogP contribution in [0.4, 0.5) is 0 Å². The molecule has 10 aromatic rings. The molecule has 0 N–H and O–H groups in total. The van der Waals surface area contributed by atoms with Crippen LogP contribution >= 0.6 is 11.3 Å². The zero-order valence-electron chi connectivity index (χ0n) is 29.1. The fraction of sp³-hybridized carbons (Fsp3) is 0.0588. The van der Waals surface area contributed by atoms with Crippen LogP contribution in [0.15, 0.2) is 170 Å². The Bertz CT molecular complexity index is 3010. The van der Waals surface area contributed by atoms with Crippen LogP contribution in [0.25, 0.3) is 97.0 Å². The second-order valence-electron chi connectivity index (χ2n) is 14.9. The third-order valence-electron chi connectivity index (χ3n) is 11.6. The summed E-state index contributed by atoms with van der Waals surface area (Å²) in [6, 6.07) is 63.4. The van der Waals surface area contributed by atoms with E-state index in [2.05, 4.69) is 184 Å². The van der Waals surface area contributed by atoms with Crippen LogP contribution in [0.5, 0.6) is 0 Å². The van der Waals surface area contributed by atoms with Crippen LogP contribution in [0, 0.1) is 0 Å². The van der Waals surface area contributed by atoms with E-state index in [-0.39, 0.29) is 5.41 Å². The van der Waals surface area contributed by atoms with Crippen molar-refractivity contribution >= 4 is 63.8 Å². The predicted octanol–water partition coefficient (Wildman–Crippen LogP) is 14.8. The standard InChI is InChI=1S/C51H34S/c1-51(2)45-19-11-10-14-37(45)42-29-44-43-27-35-25-24-34(26-36(35)28-47(43)52-48(44)30-46(42)51)31-20-22-33(23-21-31)50-40-17-8-6-15-38(40)49(32-12-4-3-5-13-32)39-16-7-9-18-41(39)50/h3-30H,1-2H3. The zero-order valence-corrected chi connectivity index (χ0v) is 29.9. The second kappa shape index (κ2) is 11.0. The molecule has 0 aliphatic heterocycles. The normalized spacial score (nSPS) is 13.3. The van der Waals surface area contributed by atoms with E-state index in [9.17, 15) is 0 Å². The molecule has 0 nitrogen and oxygen atoms in total. The van der Waals surface area contributed by atoms with Gasteiger partial charge < -0.3 is 0 Å². The maximum atomic E-state index is 2.47. The first-order valence-corrected chi connectivity index (χ1v) is 19.0. The molecule has 1 heterocycles. The number of hydrogen-bond acceptors (Lipinski definition) is 1. The Morgan fingerprint density at radius 3 is 1.58 bits per heavy atom. The number of fused-ring (bicyclic) bond motifs is 9. The number of thiophene rings is 1. The van der Waals surface area contributed by atoms with Crippen LogP contribution in [-0.2, 0) is 5.41 Å². The molecule has 0 radical (unpaired) electrons. The van der Waals surface area contributed by atoms with Crippen molar-refractivity contribution in [2.24, 2.45) is 0 Å². The SMILES string of the molecule is CC1(C)c2ccccc2-c2cc3c(cc21)sc1cc2cc(-c4ccc(-c5c6ccccc6c(-c6ccccc6)c6ccccc56)cc4)ccc2cc13. The Balaban J connectivity index is 1.01. The van der Waals surface area contributed by atoms with E-state index in [1.165, 1.54) is 108 Å². The van der Waals surface area contributed by atoms with E-state index in [1.807, 2.05) is 11.3 Å². The summed E-state index contributed by atoms with van der Waals surface area (Å²) in [5.41, 5.74) is 13.2. The molecule has 1 aliphatic carbocycles. The summed E-state index contributed by atoms with van der Waals surface area (Å²) < 4.78 is 2.72. The van der Waals surface area contributed by atoms with Gasteiger partial charge in [-0.05, 0) is 118 Å². The highest BCUT2D eigenvalue weighted by Crippen LogP contribution is 2.52. The van der Waals surface area contributed by atoms with Gasteiger partial charge in [0.05, 0.1) is 0 Å². The first-order chi connectivity index (χ1) is 25.5. The van der Waals surface area contributed by atoms with E-state index in [0.717, 1.165) is 0 Å². The molecule has 1 aliphatic rings. The molecule has 0 bridgehead atoms. The lowest BCUT2D eigenvalue weighted by atomic mass is 9.82. The van der Waals surface area contributed by atoms with E-state index in [4.69, 9.17) is 0 Å². The van der Waals surface area contributed by atoms with Crippen molar-refractivity contribution < 1.29 is 0 Å². The third kappa shape index (κ3) is 4.27. The minimum atomic E-state index is 0.0112. The lowest BCUT2D eigenvalue weighted by molar-refractivity contribution is 0.661. The Morgan fingerprint density at radius 1 is 0.346 bits per heavy atom. The highest BCUT2D eigenvalue weighted by Gasteiger charge is 2.35. The van der Waals surface area contributed by atoms with Crippen molar-refractivity contribution in [2.75, 3.05) is 0 Å². The summed E-state index contributed by atoms with van der Waals surface area (Å²) in [6.45, 7) is 4.73. The molecular formula is C51H34S. The van der Waals surface area contributed by atoms with Gasteiger partial charge in [0, 0.05) is 25.6 Å². The Kier molecular flexibility index (Phi) is 6.27. The summed E-state index contributed by atoms with van der Waals surface area (Å²) >= 11 is 1.92. The van der Waals surface area contributed by atoms with Crippen molar-refractivity contribution in [3.05, 3.63) is 181 Å². The van der Waals surface area contributed by atoms with Gasteiger partial charge in [-0.3, -0.25) is 0 Å². The Morgan fingerprint density at radius 2 is 0.885 bits per heavy atom. The average Bonchev–Trinajstić information content (AvgIpc) is 3.65. The summed E-state index contributed by atoms with van der Waals surface area (Å²) in [5.74, 6) is 0. The minimum Gasteiger partial charge on any atom is -0.135 e. The average molecular weight is 679 g/mol. The molecule has 0 saturated heterocycles. The van der Waals surface area contributed by atoms with Gasteiger partial charge in [-0.2, -0.15) is 0 Å². The summed E-state index contributed by atoms with van der Waals surface area (Å²) in [4.78, 5) is 0. The molecule has 0 atom stereocenters.